The molecule has 1 aliphatic rings. The minimum Gasteiger partial charge on any atom is -0.357 e. The van der Waals surface area contributed by atoms with Crippen LogP contribution in [0.2, 0.25) is 0 Å². The first-order chi connectivity index (χ1) is 17.6. The number of unbranched alkanes of at least 4 members (excludes halogenated alkanes) is 1. The minimum absolute atomic E-state index is 0.0722. The fourth-order valence-electron chi connectivity index (χ4n) is 4.99. The molecule has 0 atom stereocenters. The van der Waals surface area contributed by atoms with Crippen molar-refractivity contribution in [2.75, 3.05) is 42.9 Å². The number of pyridine rings is 1. The van der Waals surface area contributed by atoms with Gasteiger partial charge < -0.3 is 15.1 Å². The van der Waals surface area contributed by atoms with Crippen LogP contribution >= 0.6 is 0 Å². The van der Waals surface area contributed by atoms with Crippen molar-refractivity contribution >= 4 is 34.4 Å². The summed E-state index contributed by atoms with van der Waals surface area (Å²) < 4.78 is 2.24. The van der Waals surface area contributed by atoms with Crippen LogP contribution < -0.4 is 10.2 Å². The number of anilines is 3. The SMILES string of the molecule is CCCCN(CCC)c1ccc2nc(Nc3ccc(C(C)=O)cc3)n(CCCN3CCCCC3)c2n1. The van der Waals surface area contributed by atoms with Crippen LogP contribution in [0.3, 0.4) is 0 Å². The molecular weight excluding hydrogens is 448 g/mol. The lowest BCUT2D eigenvalue weighted by molar-refractivity contribution is 0.101. The van der Waals surface area contributed by atoms with Crippen LogP contribution in [0.1, 0.15) is 76.1 Å². The highest BCUT2D eigenvalue weighted by Gasteiger charge is 2.17. The summed E-state index contributed by atoms with van der Waals surface area (Å²) in [6.45, 7) is 12.5. The van der Waals surface area contributed by atoms with E-state index in [0.29, 0.717) is 5.56 Å². The number of aryl methyl sites for hydroxylation is 1. The second kappa shape index (κ2) is 12.9. The number of fused-ring (bicyclic) bond motifs is 1. The van der Waals surface area contributed by atoms with E-state index in [1.54, 1.807) is 6.92 Å². The number of imidazole rings is 1. The molecule has 2 aromatic heterocycles. The highest BCUT2D eigenvalue weighted by molar-refractivity contribution is 5.94. The van der Waals surface area contributed by atoms with Gasteiger partial charge in [-0.1, -0.05) is 26.7 Å². The van der Waals surface area contributed by atoms with Crippen molar-refractivity contribution in [3.8, 4) is 0 Å². The van der Waals surface area contributed by atoms with Crippen molar-refractivity contribution in [2.24, 2.45) is 0 Å². The van der Waals surface area contributed by atoms with Gasteiger partial charge in [0.2, 0.25) is 5.95 Å². The van der Waals surface area contributed by atoms with Gasteiger partial charge in [0.05, 0.1) is 0 Å². The molecular formula is C29H42N6O. The summed E-state index contributed by atoms with van der Waals surface area (Å²) in [6.07, 6.45) is 8.48. The maximum atomic E-state index is 11.7. The smallest absolute Gasteiger partial charge is 0.209 e. The molecule has 3 aromatic rings. The van der Waals surface area contributed by atoms with Gasteiger partial charge >= 0.3 is 0 Å². The summed E-state index contributed by atoms with van der Waals surface area (Å²) in [7, 11) is 0. The molecule has 3 heterocycles. The number of Topliss-reactive ketones (excluding diaryl/α,β-unsaturated/α-hetero) is 1. The van der Waals surface area contributed by atoms with Gasteiger partial charge in [0.1, 0.15) is 11.3 Å². The number of hydrogen-bond acceptors (Lipinski definition) is 6. The van der Waals surface area contributed by atoms with E-state index in [-0.39, 0.29) is 5.78 Å². The van der Waals surface area contributed by atoms with E-state index >= 15 is 0 Å². The van der Waals surface area contributed by atoms with Crippen LogP contribution in [0.5, 0.6) is 0 Å². The van der Waals surface area contributed by atoms with Crippen molar-refractivity contribution < 1.29 is 4.79 Å². The molecule has 4 rings (SSSR count). The number of nitrogens with zero attached hydrogens (tertiary/aromatic N) is 5. The lowest BCUT2D eigenvalue weighted by Gasteiger charge is -2.26. The Labute approximate surface area is 215 Å². The minimum atomic E-state index is 0.0722. The third-order valence-corrected chi connectivity index (χ3v) is 7.03. The molecule has 7 heteroatoms. The van der Waals surface area contributed by atoms with E-state index in [9.17, 15) is 4.79 Å². The topological polar surface area (TPSA) is 66.3 Å². The molecule has 1 N–H and O–H groups in total. The van der Waals surface area contributed by atoms with Crippen LogP contribution in [0.25, 0.3) is 11.2 Å². The van der Waals surface area contributed by atoms with Crippen LogP contribution in [0.15, 0.2) is 36.4 Å². The van der Waals surface area contributed by atoms with E-state index in [4.69, 9.17) is 9.97 Å². The van der Waals surface area contributed by atoms with Gasteiger partial charge in [-0.05, 0) is 95.1 Å². The molecule has 0 bridgehead atoms. The Morgan fingerprint density at radius 3 is 2.39 bits per heavy atom. The summed E-state index contributed by atoms with van der Waals surface area (Å²) in [6, 6.07) is 11.8. The molecule has 1 fully saturated rings. The van der Waals surface area contributed by atoms with Crippen molar-refractivity contribution in [3.05, 3.63) is 42.0 Å². The zero-order valence-corrected chi connectivity index (χ0v) is 22.3. The highest BCUT2D eigenvalue weighted by atomic mass is 16.1. The standard InChI is InChI=1S/C29H42N6O/c1-4-6-21-34(17-5-2)27-16-15-26-28(32-27)35(22-10-20-33-18-8-7-9-19-33)29(31-26)30-25-13-11-24(12-14-25)23(3)36/h11-16H,4-10,17-22H2,1-3H3,(H,30,31). The van der Waals surface area contributed by atoms with Gasteiger partial charge in [-0.15, -0.1) is 0 Å². The van der Waals surface area contributed by atoms with Gasteiger partial charge in [0.15, 0.2) is 11.4 Å². The van der Waals surface area contributed by atoms with Crippen molar-refractivity contribution in [2.45, 2.75) is 72.3 Å². The summed E-state index contributed by atoms with van der Waals surface area (Å²) in [5.41, 5.74) is 3.48. The summed E-state index contributed by atoms with van der Waals surface area (Å²) in [5.74, 6) is 1.91. The molecule has 7 nitrogen and oxygen atoms in total. The molecule has 0 spiro atoms. The lowest BCUT2D eigenvalue weighted by atomic mass is 10.1. The Hall–Kier alpha value is -2.93. The normalized spacial score (nSPS) is 14.3. The first-order valence-corrected chi connectivity index (χ1v) is 13.8. The molecule has 1 saturated heterocycles. The second-order valence-corrected chi connectivity index (χ2v) is 9.95. The maximum Gasteiger partial charge on any atom is 0.209 e. The Morgan fingerprint density at radius 1 is 0.917 bits per heavy atom. The number of hydrogen-bond donors (Lipinski definition) is 1. The Morgan fingerprint density at radius 2 is 1.69 bits per heavy atom. The van der Waals surface area contributed by atoms with Crippen molar-refractivity contribution in [3.63, 3.8) is 0 Å². The lowest BCUT2D eigenvalue weighted by Crippen LogP contribution is -2.31. The number of aromatic nitrogens is 3. The average Bonchev–Trinajstić information content (AvgIpc) is 3.23. The van der Waals surface area contributed by atoms with Gasteiger partial charge in [-0.2, -0.15) is 0 Å². The number of nitrogens with one attached hydrogen (secondary N) is 1. The Kier molecular flexibility index (Phi) is 9.34. The fraction of sp³-hybridized carbons (Fsp3) is 0.552. The molecule has 1 aromatic carbocycles. The first-order valence-electron chi connectivity index (χ1n) is 13.8. The summed E-state index contributed by atoms with van der Waals surface area (Å²) >= 11 is 0. The predicted molar refractivity (Wildman–Crippen MR) is 150 cm³/mol. The number of rotatable bonds is 13. The first kappa shape index (κ1) is 26.1. The number of ketones is 1. The molecule has 1 aliphatic heterocycles. The number of piperidine rings is 1. The van der Waals surface area contributed by atoms with E-state index < -0.39 is 0 Å². The van der Waals surface area contributed by atoms with Gasteiger partial charge in [0.25, 0.3) is 0 Å². The number of likely N-dealkylation sites (tertiary alicyclic amines) is 1. The average molecular weight is 491 g/mol. The quantitative estimate of drug-likeness (QED) is 0.285. The summed E-state index contributed by atoms with van der Waals surface area (Å²) in [5, 5.41) is 3.50. The summed E-state index contributed by atoms with van der Waals surface area (Å²) in [4.78, 5) is 26.7. The number of carbonyl (C=O) groups is 1. The molecule has 194 valence electrons. The Balaban J connectivity index is 1.61. The number of carbonyl (C=O) groups excluding carboxylic acids is 1. The van der Waals surface area contributed by atoms with E-state index in [1.807, 2.05) is 24.3 Å². The molecule has 0 aliphatic carbocycles. The van der Waals surface area contributed by atoms with Crippen LogP contribution in [-0.2, 0) is 6.54 Å². The molecule has 0 saturated carbocycles. The molecule has 0 amide bonds. The van der Waals surface area contributed by atoms with Crippen molar-refractivity contribution in [1.82, 2.24) is 19.4 Å². The van der Waals surface area contributed by atoms with Gasteiger partial charge in [-0.3, -0.25) is 9.36 Å². The fourth-order valence-corrected chi connectivity index (χ4v) is 4.99. The monoisotopic (exact) mass is 490 g/mol. The largest absolute Gasteiger partial charge is 0.357 e. The zero-order chi connectivity index (χ0) is 25.3. The van der Waals surface area contributed by atoms with E-state index in [1.165, 1.54) is 38.8 Å². The molecule has 0 unspecified atom stereocenters. The second-order valence-electron chi connectivity index (χ2n) is 9.95. The van der Waals surface area contributed by atoms with Crippen LogP contribution in [0, 0.1) is 0 Å². The third kappa shape index (κ3) is 6.64. The molecule has 36 heavy (non-hydrogen) atoms. The van der Waals surface area contributed by atoms with Crippen molar-refractivity contribution in [1.29, 1.82) is 0 Å². The zero-order valence-electron chi connectivity index (χ0n) is 22.3. The number of benzene rings is 1. The third-order valence-electron chi connectivity index (χ3n) is 7.03. The van der Waals surface area contributed by atoms with Gasteiger partial charge in [0, 0.05) is 30.9 Å². The maximum absolute atomic E-state index is 11.7. The van der Waals surface area contributed by atoms with E-state index in [0.717, 1.165) is 74.1 Å². The van der Waals surface area contributed by atoms with Crippen LogP contribution in [0.4, 0.5) is 17.5 Å². The van der Waals surface area contributed by atoms with Crippen LogP contribution in [-0.4, -0.2) is 57.9 Å². The van der Waals surface area contributed by atoms with E-state index in [2.05, 4.69) is 45.7 Å². The van der Waals surface area contributed by atoms with Gasteiger partial charge in [-0.25, -0.2) is 9.97 Å². The molecule has 0 radical (unpaired) electrons. The Bertz CT molecular complexity index is 1120. The predicted octanol–water partition coefficient (Wildman–Crippen LogP) is 6.27. The highest BCUT2D eigenvalue weighted by Crippen LogP contribution is 2.25.